The third-order valence-corrected chi connectivity index (χ3v) is 3.76. The topological polar surface area (TPSA) is 55.0 Å². The van der Waals surface area contributed by atoms with E-state index in [1.54, 1.807) is 6.07 Å². The molecular weight excluding hydrogens is 287 g/mol. The smallest absolute Gasteiger partial charge is 0.209 e. The highest BCUT2D eigenvalue weighted by atomic mass is 32.1. The lowest BCUT2D eigenvalue weighted by atomic mass is 9.96. The summed E-state index contributed by atoms with van der Waals surface area (Å²) in [7, 11) is 0. The highest BCUT2D eigenvalue weighted by Crippen LogP contribution is 2.30. The molecule has 0 bridgehead atoms. The molecule has 0 atom stereocenters. The summed E-state index contributed by atoms with van der Waals surface area (Å²) < 4.78 is 17.9. The zero-order valence-corrected chi connectivity index (χ0v) is 13.5. The van der Waals surface area contributed by atoms with Gasteiger partial charge in [0.05, 0.1) is 0 Å². The van der Waals surface area contributed by atoms with E-state index in [-0.39, 0.29) is 11.2 Å². The average molecular weight is 308 g/mol. The molecular formula is C15H21FN4S. The zero-order chi connectivity index (χ0) is 15.5. The molecule has 114 valence electrons. The maximum atomic E-state index is 13.5. The van der Waals surface area contributed by atoms with Crippen molar-refractivity contribution in [1.82, 2.24) is 9.36 Å². The lowest BCUT2D eigenvalue weighted by molar-refractivity contribution is 0.554. The van der Waals surface area contributed by atoms with Crippen molar-refractivity contribution in [2.45, 2.75) is 32.6 Å². The van der Waals surface area contributed by atoms with Crippen LogP contribution < -0.4 is 10.6 Å². The first-order valence-electron chi connectivity index (χ1n) is 6.99. The van der Waals surface area contributed by atoms with Crippen LogP contribution in [-0.4, -0.2) is 22.4 Å². The van der Waals surface area contributed by atoms with E-state index in [2.05, 4.69) is 30.1 Å². The second-order valence-electron chi connectivity index (χ2n) is 5.92. The average Bonchev–Trinajstić information content (AvgIpc) is 2.89. The van der Waals surface area contributed by atoms with Crippen molar-refractivity contribution in [3.63, 3.8) is 0 Å². The van der Waals surface area contributed by atoms with Crippen molar-refractivity contribution in [1.29, 1.82) is 0 Å². The number of benzene rings is 1. The van der Waals surface area contributed by atoms with Gasteiger partial charge in [-0.1, -0.05) is 26.8 Å². The molecule has 0 radical (unpaired) electrons. The van der Waals surface area contributed by atoms with Crippen molar-refractivity contribution in [2.75, 3.05) is 18.0 Å². The van der Waals surface area contributed by atoms with Gasteiger partial charge in [-0.3, -0.25) is 0 Å². The van der Waals surface area contributed by atoms with Crippen molar-refractivity contribution >= 4 is 22.4 Å². The van der Waals surface area contributed by atoms with Crippen LogP contribution in [0.2, 0.25) is 0 Å². The van der Waals surface area contributed by atoms with Crippen LogP contribution in [0.15, 0.2) is 24.3 Å². The Bertz CT molecular complexity index is 591. The molecule has 0 saturated carbocycles. The number of anilines is 2. The Labute approximate surface area is 129 Å². The molecule has 0 fully saturated rings. The lowest BCUT2D eigenvalue weighted by Gasteiger charge is -2.21. The Morgan fingerprint density at radius 3 is 2.67 bits per heavy atom. The van der Waals surface area contributed by atoms with Gasteiger partial charge in [0.1, 0.15) is 11.6 Å². The second kappa shape index (κ2) is 6.49. The summed E-state index contributed by atoms with van der Waals surface area (Å²) in [6.45, 7) is 7.50. The minimum Gasteiger partial charge on any atom is -0.330 e. The molecule has 0 aliphatic carbocycles. The van der Waals surface area contributed by atoms with Gasteiger partial charge in [-0.25, -0.2) is 9.37 Å². The number of rotatable bonds is 5. The summed E-state index contributed by atoms with van der Waals surface area (Å²) in [5.41, 5.74) is 6.28. The third-order valence-electron chi connectivity index (χ3n) is 3.02. The first kappa shape index (κ1) is 15.9. The monoisotopic (exact) mass is 308 g/mol. The van der Waals surface area contributed by atoms with E-state index >= 15 is 0 Å². The van der Waals surface area contributed by atoms with Crippen molar-refractivity contribution < 1.29 is 4.39 Å². The van der Waals surface area contributed by atoms with E-state index in [9.17, 15) is 4.39 Å². The second-order valence-corrected chi connectivity index (χ2v) is 6.65. The molecule has 1 heterocycles. The van der Waals surface area contributed by atoms with E-state index in [0.717, 1.165) is 23.1 Å². The molecule has 0 aliphatic heterocycles. The maximum Gasteiger partial charge on any atom is 0.209 e. The molecule has 1 aromatic heterocycles. The summed E-state index contributed by atoms with van der Waals surface area (Å²) >= 11 is 1.34. The Hall–Kier alpha value is -1.53. The fourth-order valence-electron chi connectivity index (χ4n) is 1.86. The molecule has 2 aromatic rings. The minimum atomic E-state index is -0.259. The molecule has 0 amide bonds. The van der Waals surface area contributed by atoms with Crippen LogP contribution in [-0.2, 0) is 5.41 Å². The Morgan fingerprint density at radius 2 is 2.10 bits per heavy atom. The number of nitrogens with zero attached hydrogens (tertiary/aromatic N) is 3. The van der Waals surface area contributed by atoms with Crippen molar-refractivity contribution in [3.8, 4) is 0 Å². The van der Waals surface area contributed by atoms with E-state index in [1.807, 2.05) is 11.0 Å². The van der Waals surface area contributed by atoms with Crippen molar-refractivity contribution in [3.05, 3.63) is 35.9 Å². The van der Waals surface area contributed by atoms with E-state index in [4.69, 9.17) is 5.73 Å². The predicted octanol–water partition coefficient (Wildman–Crippen LogP) is 3.46. The standard InChI is InChI=1S/C15H21FN4S/c1-15(2,3)13-18-14(21-19-13)20(9-5-8-17)12-7-4-6-11(16)10-12/h4,6-7,10H,5,8-9,17H2,1-3H3. The van der Waals surface area contributed by atoms with Gasteiger partial charge in [-0.15, -0.1) is 0 Å². The molecule has 4 nitrogen and oxygen atoms in total. The molecule has 1 aromatic carbocycles. The van der Waals surface area contributed by atoms with Gasteiger partial charge in [0, 0.05) is 29.2 Å². The highest BCUT2D eigenvalue weighted by molar-refractivity contribution is 7.09. The summed E-state index contributed by atoms with van der Waals surface area (Å²) in [5.74, 6) is 0.544. The van der Waals surface area contributed by atoms with Crippen molar-refractivity contribution in [2.24, 2.45) is 5.73 Å². The first-order valence-corrected chi connectivity index (χ1v) is 7.76. The quantitative estimate of drug-likeness (QED) is 0.919. The van der Waals surface area contributed by atoms with Gasteiger partial charge >= 0.3 is 0 Å². The van der Waals surface area contributed by atoms with Gasteiger partial charge in [-0.05, 0) is 31.2 Å². The van der Waals surface area contributed by atoms with Crippen LogP contribution in [0.3, 0.4) is 0 Å². The highest BCUT2D eigenvalue weighted by Gasteiger charge is 2.22. The molecule has 0 spiro atoms. The normalized spacial score (nSPS) is 11.7. The van der Waals surface area contributed by atoms with E-state index in [1.165, 1.54) is 23.7 Å². The number of halogens is 1. The first-order chi connectivity index (χ1) is 9.91. The molecule has 2 rings (SSSR count). The molecule has 21 heavy (non-hydrogen) atoms. The number of aromatic nitrogens is 2. The molecule has 2 N–H and O–H groups in total. The number of hydrogen-bond donors (Lipinski definition) is 1. The third kappa shape index (κ3) is 3.98. The van der Waals surface area contributed by atoms with Crippen LogP contribution in [0.25, 0.3) is 0 Å². The SMILES string of the molecule is CC(C)(C)c1nsc(N(CCCN)c2cccc(F)c2)n1. The summed E-state index contributed by atoms with van der Waals surface area (Å²) in [5, 5.41) is 0.777. The van der Waals surface area contributed by atoms with Crippen LogP contribution in [0.5, 0.6) is 0 Å². The number of nitrogens with two attached hydrogens (primary N) is 1. The Morgan fingerprint density at radius 1 is 1.33 bits per heavy atom. The van der Waals surface area contributed by atoms with Gasteiger partial charge in [0.2, 0.25) is 5.13 Å². The molecule has 0 saturated heterocycles. The fourth-order valence-corrected chi connectivity index (χ4v) is 2.76. The number of hydrogen-bond acceptors (Lipinski definition) is 5. The van der Waals surface area contributed by atoms with Gasteiger partial charge in [-0.2, -0.15) is 4.37 Å². The molecule has 6 heteroatoms. The van der Waals surface area contributed by atoms with Crippen LogP contribution in [0.1, 0.15) is 33.0 Å². The Kier molecular flexibility index (Phi) is 4.90. The predicted molar refractivity (Wildman–Crippen MR) is 85.7 cm³/mol. The van der Waals surface area contributed by atoms with E-state index < -0.39 is 0 Å². The summed E-state index contributed by atoms with van der Waals surface area (Å²) in [6, 6.07) is 6.52. The fraction of sp³-hybridized carbons (Fsp3) is 0.467. The molecule has 0 aliphatic rings. The van der Waals surface area contributed by atoms with Crippen LogP contribution >= 0.6 is 11.5 Å². The lowest BCUT2D eigenvalue weighted by Crippen LogP contribution is -2.21. The molecule has 0 unspecified atom stereocenters. The van der Waals surface area contributed by atoms with E-state index in [0.29, 0.717) is 13.1 Å². The maximum absolute atomic E-state index is 13.5. The summed E-state index contributed by atoms with van der Waals surface area (Å²) in [6.07, 6.45) is 0.806. The largest absolute Gasteiger partial charge is 0.330 e. The van der Waals surface area contributed by atoms with Gasteiger partial charge in [0.25, 0.3) is 0 Å². The summed E-state index contributed by atoms with van der Waals surface area (Å²) in [4.78, 5) is 6.59. The van der Waals surface area contributed by atoms with Gasteiger partial charge in [0.15, 0.2) is 0 Å². The van der Waals surface area contributed by atoms with Crippen LogP contribution in [0.4, 0.5) is 15.2 Å². The minimum absolute atomic E-state index is 0.101. The van der Waals surface area contributed by atoms with Gasteiger partial charge < -0.3 is 10.6 Å². The Balaban J connectivity index is 2.34. The zero-order valence-electron chi connectivity index (χ0n) is 12.6. The van der Waals surface area contributed by atoms with Crippen LogP contribution in [0, 0.1) is 5.82 Å².